The van der Waals surface area contributed by atoms with E-state index in [0.717, 1.165) is 6.54 Å². The van der Waals surface area contributed by atoms with E-state index in [1.54, 1.807) is 13.0 Å². The quantitative estimate of drug-likeness (QED) is 0.873. The van der Waals surface area contributed by atoms with Gasteiger partial charge in [0.25, 0.3) is 0 Å². The van der Waals surface area contributed by atoms with Gasteiger partial charge in [-0.3, -0.25) is 0 Å². The summed E-state index contributed by atoms with van der Waals surface area (Å²) in [5.74, 6) is 0.289. The Balaban J connectivity index is 2.92. The number of pyridine rings is 1. The number of halogens is 4. The van der Waals surface area contributed by atoms with E-state index in [9.17, 15) is 13.2 Å². The lowest BCUT2D eigenvalue weighted by Gasteiger charge is -2.24. The van der Waals surface area contributed by atoms with E-state index in [2.05, 4.69) is 10.3 Å². The lowest BCUT2D eigenvalue weighted by Crippen LogP contribution is -2.34. The number of aromatic nitrogens is 1. The van der Waals surface area contributed by atoms with Crippen LogP contribution in [-0.2, 0) is 6.54 Å². The molecule has 0 aliphatic rings. The van der Waals surface area contributed by atoms with Crippen LogP contribution in [0.15, 0.2) is 12.1 Å². The first kappa shape index (κ1) is 16.0. The smallest absolute Gasteiger partial charge is 0.348 e. The predicted molar refractivity (Wildman–Crippen MR) is 70.6 cm³/mol. The summed E-state index contributed by atoms with van der Waals surface area (Å²) in [5.41, 5.74) is 0.557. The number of hydrogen-bond acceptors (Lipinski definition) is 3. The van der Waals surface area contributed by atoms with Crippen LogP contribution in [0.2, 0.25) is 5.02 Å². The zero-order chi connectivity index (χ0) is 14.5. The molecule has 0 saturated carbocycles. The standard InChI is InChI=1S/C12H17ClF3N3/c1-3-17-7-10-9(13)5-6-11(18-10)19(4-2)8-12(14,15)16/h5-6,17H,3-4,7-8H2,1-2H3. The number of nitrogens with zero attached hydrogens (tertiary/aromatic N) is 2. The minimum absolute atomic E-state index is 0.231. The first-order valence-electron chi connectivity index (χ1n) is 6.05. The van der Waals surface area contributed by atoms with Gasteiger partial charge in [0.1, 0.15) is 12.4 Å². The van der Waals surface area contributed by atoms with Crippen LogP contribution in [0.3, 0.4) is 0 Å². The van der Waals surface area contributed by atoms with Crippen LogP contribution >= 0.6 is 11.6 Å². The van der Waals surface area contributed by atoms with Crippen molar-refractivity contribution in [3.63, 3.8) is 0 Å². The third-order valence-corrected chi connectivity index (χ3v) is 2.87. The van der Waals surface area contributed by atoms with Gasteiger partial charge in [0.2, 0.25) is 0 Å². The Labute approximate surface area is 115 Å². The Morgan fingerprint density at radius 1 is 1.32 bits per heavy atom. The zero-order valence-electron chi connectivity index (χ0n) is 10.9. The number of hydrogen-bond donors (Lipinski definition) is 1. The summed E-state index contributed by atoms with van der Waals surface area (Å²) >= 11 is 5.97. The van der Waals surface area contributed by atoms with E-state index in [-0.39, 0.29) is 12.4 Å². The number of anilines is 1. The highest BCUT2D eigenvalue weighted by Crippen LogP contribution is 2.23. The molecule has 108 valence electrons. The molecule has 0 aliphatic heterocycles. The molecule has 0 aromatic carbocycles. The zero-order valence-corrected chi connectivity index (χ0v) is 11.6. The van der Waals surface area contributed by atoms with Crippen molar-refractivity contribution in [3.05, 3.63) is 22.8 Å². The summed E-state index contributed by atoms with van der Waals surface area (Å²) in [6.45, 7) is 3.98. The van der Waals surface area contributed by atoms with Gasteiger partial charge in [0.15, 0.2) is 0 Å². The topological polar surface area (TPSA) is 28.2 Å². The van der Waals surface area contributed by atoms with E-state index < -0.39 is 12.7 Å². The highest BCUT2D eigenvalue weighted by atomic mass is 35.5. The molecule has 0 bridgehead atoms. The van der Waals surface area contributed by atoms with Gasteiger partial charge in [0, 0.05) is 13.1 Å². The Morgan fingerprint density at radius 2 is 2.00 bits per heavy atom. The van der Waals surface area contributed by atoms with Crippen LogP contribution in [0.25, 0.3) is 0 Å². The lowest BCUT2D eigenvalue weighted by molar-refractivity contribution is -0.119. The van der Waals surface area contributed by atoms with E-state index >= 15 is 0 Å². The molecule has 1 heterocycles. The molecule has 0 fully saturated rings. The van der Waals surface area contributed by atoms with Gasteiger partial charge in [0.05, 0.1) is 10.7 Å². The number of alkyl halides is 3. The largest absolute Gasteiger partial charge is 0.405 e. The fraction of sp³-hybridized carbons (Fsp3) is 0.583. The second kappa shape index (κ2) is 6.96. The van der Waals surface area contributed by atoms with Gasteiger partial charge in [-0.2, -0.15) is 13.2 Å². The average molecular weight is 296 g/mol. The summed E-state index contributed by atoms with van der Waals surface area (Å²) in [6.07, 6.45) is -4.25. The summed E-state index contributed by atoms with van der Waals surface area (Å²) in [4.78, 5) is 5.37. The van der Waals surface area contributed by atoms with Gasteiger partial charge < -0.3 is 10.2 Å². The number of nitrogens with one attached hydrogen (secondary N) is 1. The van der Waals surface area contributed by atoms with Crippen molar-refractivity contribution in [2.75, 3.05) is 24.5 Å². The van der Waals surface area contributed by atoms with Gasteiger partial charge >= 0.3 is 6.18 Å². The van der Waals surface area contributed by atoms with Crippen molar-refractivity contribution in [2.24, 2.45) is 0 Å². The second-order valence-corrected chi connectivity index (χ2v) is 4.41. The molecule has 0 saturated heterocycles. The third-order valence-electron chi connectivity index (χ3n) is 2.52. The van der Waals surface area contributed by atoms with Crippen LogP contribution < -0.4 is 10.2 Å². The van der Waals surface area contributed by atoms with Crippen LogP contribution in [0.1, 0.15) is 19.5 Å². The highest BCUT2D eigenvalue weighted by molar-refractivity contribution is 6.31. The van der Waals surface area contributed by atoms with Crippen molar-refractivity contribution in [1.29, 1.82) is 0 Å². The Hall–Kier alpha value is -1.01. The molecule has 19 heavy (non-hydrogen) atoms. The number of rotatable bonds is 6. The van der Waals surface area contributed by atoms with Crippen LogP contribution in [0.5, 0.6) is 0 Å². The summed E-state index contributed by atoms with van der Waals surface area (Å²) < 4.78 is 37.4. The molecule has 0 unspecified atom stereocenters. The van der Waals surface area contributed by atoms with Crippen LogP contribution in [-0.4, -0.2) is 30.8 Å². The lowest BCUT2D eigenvalue weighted by atomic mass is 10.3. The molecule has 0 amide bonds. The molecule has 0 radical (unpaired) electrons. The molecular weight excluding hydrogens is 279 g/mol. The van der Waals surface area contributed by atoms with Gasteiger partial charge in [-0.25, -0.2) is 4.98 Å². The Morgan fingerprint density at radius 3 is 2.53 bits per heavy atom. The SMILES string of the molecule is CCNCc1nc(N(CC)CC(F)(F)F)ccc1Cl. The maximum atomic E-state index is 12.5. The van der Waals surface area contributed by atoms with Gasteiger partial charge in [-0.05, 0) is 25.6 Å². The minimum atomic E-state index is -4.25. The van der Waals surface area contributed by atoms with E-state index in [1.165, 1.54) is 11.0 Å². The Bertz CT molecular complexity index is 410. The van der Waals surface area contributed by atoms with Crippen LogP contribution in [0, 0.1) is 0 Å². The van der Waals surface area contributed by atoms with E-state index in [4.69, 9.17) is 11.6 Å². The molecule has 1 aromatic heterocycles. The van der Waals surface area contributed by atoms with Crippen molar-refractivity contribution in [3.8, 4) is 0 Å². The molecular formula is C12H17ClF3N3. The molecule has 1 rings (SSSR count). The molecule has 0 spiro atoms. The molecule has 0 aliphatic carbocycles. The minimum Gasteiger partial charge on any atom is -0.348 e. The van der Waals surface area contributed by atoms with Crippen molar-refractivity contribution in [2.45, 2.75) is 26.6 Å². The molecule has 3 nitrogen and oxygen atoms in total. The summed E-state index contributed by atoms with van der Waals surface area (Å²) in [5, 5.41) is 3.50. The molecule has 7 heteroatoms. The second-order valence-electron chi connectivity index (χ2n) is 4.01. The first-order valence-corrected chi connectivity index (χ1v) is 6.43. The molecule has 0 atom stereocenters. The predicted octanol–water partition coefficient (Wildman–Crippen LogP) is 3.23. The Kier molecular flexibility index (Phi) is 5.87. The van der Waals surface area contributed by atoms with Gasteiger partial charge in [-0.1, -0.05) is 18.5 Å². The fourth-order valence-corrected chi connectivity index (χ4v) is 1.76. The maximum Gasteiger partial charge on any atom is 0.405 e. The van der Waals surface area contributed by atoms with Gasteiger partial charge in [-0.15, -0.1) is 0 Å². The first-order chi connectivity index (χ1) is 8.87. The molecule has 1 aromatic rings. The van der Waals surface area contributed by atoms with E-state index in [0.29, 0.717) is 17.3 Å². The fourth-order valence-electron chi connectivity index (χ4n) is 1.59. The van der Waals surface area contributed by atoms with Crippen molar-refractivity contribution >= 4 is 17.4 Å². The average Bonchev–Trinajstić information content (AvgIpc) is 2.34. The summed E-state index contributed by atoms with van der Waals surface area (Å²) in [7, 11) is 0. The highest BCUT2D eigenvalue weighted by Gasteiger charge is 2.30. The maximum absolute atomic E-state index is 12.5. The monoisotopic (exact) mass is 295 g/mol. The third kappa shape index (κ3) is 5.24. The van der Waals surface area contributed by atoms with Crippen molar-refractivity contribution in [1.82, 2.24) is 10.3 Å². The van der Waals surface area contributed by atoms with Crippen LogP contribution in [0.4, 0.5) is 19.0 Å². The van der Waals surface area contributed by atoms with Crippen molar-refractivity contribution < 1.29 is 13.2 Å². The summed E-state index contributed by atoms with van der Waals surface area (Å²) in [6, 6.07) is 3.09. The molecule has 1 N–H and O–H groups in total. The van der Waals surface area contributed by atoms with E-state index in [1.807, 2.05) is 6.92 Å². The normalized spacial score (nSPS) is 11.7.